The molecule has 0 aromatic heterocycles. The van der Waals surface area contributed by atoms with Crippen molar-refractivity contribution in [2.45, 2.75) is 13.8 Å². The predicted octanol–water partition coefficient (Wildman–Crippen LogP) is 1.90. The summed E-state index contributed by atoms with van der Waals surface area (Å²) in [6, 6.07) is 3.75. The molecule has 1 aliphatic heterocycles. The number of halogens is 1. The van der Waals surface area contributed by atoms with Crippen molar-refractivity contribution < 1.29 is 14.6 Å². The molecule has 2 rings (SSSR count). The van der Waals surface area contributed by atoms with E-state index in [1.165, 1.54) is 0 Å². The molecular weight excluding hydrogens is 254 g/mol. The minimum absolute atomic E-state index is 0.221. The maximum atomic E-state index is 12.1. The van der Waals surface area contributed by atoms with Gasteiger partial charge in [0.2, 0.25) is 5.91 Å². The monoisotopic (exact) mass is 269 g/mol. The second kappa shape index (κ2) is 4.88. The van der Waals surface area contributed by atoms with Crippen molar-refractivity contribution in [3.63, 3.8) is 0 Å². The van der Waals surface area contributed by atoms with Crippen LogP contribution in [0.5, 0.6) is 0 Å². The van der Waals surface area contributed by atoms with E-state index in [-0.39, 0.29) is 25.7 Å². The number of carbonyl (C=O) groups is 1. The molecule has 0 radical (unpaired) electrons. The number of aryl methyl sites for hydroxylation is 2. The van der Waals surface area contributed by atoms with Gasteiger partial charge in [-0.1, -0.05) is 17.7 Å². The quantitative estimate of drug-likeness (QED) is 0.881. The molecule has 98 valence electrons. The fourth-order valence-electron chi connectivity index (χ4n) is 1.96. The summed E-state index contributed by atoms with van der Waals surface area (Å²) in [4.78, 5) is 12.1. The van der Waals surface area contributed by atoms with Crippen LogP contribution < -0.4 is 5.32 Å². The van der Waals surface area contributed by atoms with Gasteiger partial charge in [-0.25, -0.2) is 0 Å². The average Bonchev–Trinajstić information content (AvgIpc) is 2.22. The number of amides is 1. The molecule has 2 N–H and O–H groups in total. The molecule has 0 aliphatic carbocycles. The molecule has 1 saturated heterocycles. The van der Waals surface area contributed by atoms with Crippen molar-refractivity contribution in [1.82, 2.24) is 0 Å². The molecule has 0 saturated carbocycles. The van der Waals surface area contributed by atoms with Gasteiger partial charge in [0.05, 0.1) is 30.5 Å². The fourth-order valence-corrected chi connectivity index (χ4v) is 2.33. The molecule has 0 unspecified atom stereocenters. The van der Waals surface area contributed by atoms with Gasteiger partial charge in [-0.15, -0.1) is 0 Å². The van der Waals surface area contributed by atoms with Crippen LogP contribution in [-0.2, 0) is 9.53 Å². The fraction of sp³-hybridized carbons (Fsp3) is 0.462. The van der Waals surface area contributed by atoms with Crippen molar-refractivity contribution in [2.75, 3.05) is 25.1 Å². The molecule has 1 fully saturated rings. The molecule has 4 nitrogen and oxygen atoms in total. The Labute approximate surface area is 111 Å². The Bertz CT molecular complexity index is 455. The first-order valence-corrected chi connectivity index (χ1v) is 6.13. The van der Waals surface area contributed by atoms with Crippen molar-refractivity contribution in [2.24, 2.45) is 5.41 Å². The number of rotatable bonds is 3. The number of aliphatic hydroxyl groups is 1. The van der Waals surface area contributed by atoms with Crippen LogP contribution in [0, 0.1) is 19.3 Å². The number of anilines is 1. The lowest BCUT2D eigenvalue weighted by Crippen LogP contribution is -2.54. The summed E-state index contributed by atoms with van der Waals surface area (Å²) in [5, 5.41) is 12.6. The molecule has 1 aromatic carbocycles. The van der Waals surface area contributed by atoms with E-state index in [1.54, 1.807) is 6.07 Å². The maximum absolute atomic E-state index is 12.1. The van der Waals surface area contributed by atoms with Crippen molar-refractivity contribution in [3.8, 4) is 0 Å². The normalized spacial score (nSPS) is 17.1. The topological polar surface area (TPSA) is 58.6 Å². The summed E-state index contributed by atoms with van der Waals surface area (Å²) in [7, 11) is 0. The van der Waals surface area contributed by atoms with Gasteiger partial charge in [0.15, 0.2) is 0 Å². The molecule has 1 aromatic rings. The van der Waals surface area contributed by atoms with Gasteiger partial charge in [-0.2, -0.15) is 0 Å². The highest BCUT2D eigenvalue weighted by Gasteiger charge is 2.45. The third-order valence-electron chi connectivity index (χ3n) is 3.21. The summed E-state index contributed by atoms with van der Waals surface area (Å²) >= 11 is 6.12. The molecule has 1 aliphatic rings. The van der Waals surface area contributed by atoms with E-state index in [0.29, 0.717) is 10.7 Å². The first-order chi connectivity index (χ1) is 8.48. The highest BCUT2D eigenvalue weighted by molar-refractivity contribution is 6.34. The zero-order valence-corrected chi connectivity index (χ0v) is 11.2. The van der Waals surface area contributed by atoms with E-state index in [0.717, 1.165) is 11.1 Å². The summed E-state index contributed by atoms with van der Waals surface area (Å²) in [5.74, 6) is -0.245. The van der Waals surface area contributed by atoms with E-state index in [4.69, 9.17) is 16.3 Å². The molecule has 1 heterocycles. The van der Waals surface area contributed by atoms with Gasteiger partial charge in [0.25, 0.3) is 0 Å². The van der Waals surface area contributed by atoms with Crippen LogP contribution in [0.2, 0.25) is 5.02 Å². The van der Waals surface area contributed by atoms with Crippen molar-refractivity contribution in [3.05, 3.63) is 28.3 Å². The second-order valence-corrected chi connectivity index (χ2v) is 5.23. The Hall–Kier alpha value is -1.10. The lowest BCUT2D eigenvalue weighted by molar-refractivity contribution is -0.164. The van der Waals surface area contributed by atoms with E-state index in [1.807, 2.05) is 19.9 Å². The molecule has 0 bridgehead atoms. The van der Waals surface area contributed by atoms with Gasteiger partial charge in [-0.3, -0.25) is 4.79 Å². The van der Waals surface area contributed by atoms with Crippen LogP contribution in [0.25, 0.3) is 0 Å². The number of nitrogens with one attached hydrogen (secondary N) is 1. The molecule has 0 spiro atoms. The zero-order chi connectivity index (χ0) is 13.3. The van der Waals surface area contributed by atoms with Gasteiger partial charge < -0.3 is 15.2 Å². The standard InChI is InChI=1S/C13H16ClNO3/c1-8-3-9(2)11(10(14)4-8)15-12(17)13(5-16)6-18-7-13/h3-4,16H,5-7H2,1-2H3,(H,15,17). The van der Waals surface area contributed by atoms with Crippen LogP contribution >= 0.6 is 11.6 Å². The van der Waals surface area contributed by atoms with Gasteiger partial charge in [0, 0.05) is 0 Å². The summed E-state index contributed by atoms with van der Waals surface area (Å²) < 4.78 is 5.01. The molecular formula is C13H16ClNO3. The van der Waals surface area contributed by atoms with Crippen LogP contribution in [-0.4, -0.2) is 30.8 Å². The second-order valence-electron chi connectivity index (χ2n) is 4.82. The predicted molar refractivity (Wildman–Crippen MR) is 69.9 cm³/mol. The third kappa shape index (κ3) is 2.23. The summed E-state index contributed by atoms with van der Waals surface area (Å²) in [6.45, 7) is 4.11. The number of ether oxygens (including phenoxy) is 1. The lowest BCUT2D eigenvalue weighted by Gasteiger charge is -2.38. The van der Waals surface area contributed by atoms with E-state index >= 15 is 0 Å². The number of hydrogen-bond donors (Lipinski definition) is 2. The highest BCUT2D eigenvalue weighted by atomic mass is 35.5. The third-order valence-corrected chi connectivity index (χ3v) is 3.51. The Morgan fingerprint density at radius 1 is 1.50 bits per heavy atom. The smallest absolute Gasteiger partial charge is 0.237 e. The lowest BCUT2D eigenvalue weighted by atomic mass is 9.86. The van der Waals surface area contributed by atoms with Crippen LogP contribution in [0.3, 0.4) is 0 Å². The SMILES string of the molecule is Cc1cc(C)c(NC(=O)C2(CO)COC2)c(Cl)c1. The van der Waals surface area contributed by atoms with Gasteiger partial charge >= 0.3 is 0 Å². The van der Waals surface area contributed by atoms with Gasteiger partial charge in [-0.05, 0) is 31.0 Å². The molecule has 1 amide bonds. The number of benzene rings is 1. The number of carbonyl (C=O) groups excluding carboxylic acids is 1. The van der Waals surface area contributed by atoms with E-state index in [9.17, 15) is 9.90 Å². The minimum atomic E-state index is -0.819. The van der Waals surface area contributed by atoms with Crippen molar-refractivity contribution in [1.29, 1.82) is 0 Å². The largest absolute Gasteiger partial charge is 0.395 e. The number of aliphatic hydroxyl groups excluding tert-OH is 1. The summed E-state index contributed by atoms with van der Waals surface area (Å²) in [6.07, 6.45) is 0. The van der Waals surface area contributed by atoms with Gasteiger partial charge in [0.1, 0.15) is 5.41 Å². The number of hydrogen-bond acceptors (Lipinski definition) is 3. The first kappa shape index (κ1) is 13.3. The summed E-state index contributed by atoms with van der Waals surface area (Å²) in [5.41, 5.74) is 1.73. The minimum Gasteiger partial charge on any atom is -0.395 e. The van der Waals surface area contributed by atoms with E-state index in [2.05, 4.69) is 5.32 Å². The molecule has 5 heteroatoms. The van der Waals surface area contributed by atoms with E-state index < -0.39 is 5.41 Å². The maximum Gasteiger partial charge on any atom is 0.237 e. The Kier molecular flexibility index (Phi) is 3.61. The Morgan fingerprint density at radius 2 is 2.17 bits per heavy atom. The van der Waals surface area contributed by atoms with Crippen molar-refractivity contribution >= 4 is 23.2 Å². The van der Waals surface area contributed by atoms with Crippen LogP contribution in [0.4, 0.5) is 5.69 Å². The average molecular weight is 270 g/mol. The Morgan fingerprint density at radius 3 is 2.61 bits per heavy atom. The van der Waals surface area contributed by atoms with Crippen LogP contribution in [0.15, 0.2) is 12.1 Å². The zero-order valence-electron chi connectivity index (χ0n) is 10.4. The first-order valence-electron chi connectivity index (χ1n) is 5.75. The highest BCUT2D eigenvalue weighted by Crippen LogP contribution is 2.32. The molecule has 18 heavy (non-hydrogen) atoms. The molecule has 0 atom stereocenters. The van der Waals surface area contributed by atoms with Crippen LogP contribution in [0.1, 0.15) is 11.1 Å². The Balaban J connectivity index is 2.22.